The van der Waals surface area contributed by atoms with E-state index in [9.17, 15) is 14.9 Å². The lowest BCUT2D eigenvalue weighted by Gasteiger charge is -2.10. The summed E-state index contributed by atoms with van der Waals surface area (Å²) >= 11 is 0. The van der Waals surface area contributed by atoms with Crippen LogP contribution >= 0.6 is 0 Å². The van der Waals surface area contributed by atoms with E-state index in [1.807, 2.05) is 54.6 Å². The van der Waals surface area contributed by atoms with E-state index >= 15 is 0 Å². The van der Waals surface area contributed by atoms with Gasteiger partial charge in [0.05, 0.1) is 22.4 Å². The highest BCUT2D eigenvalue weighted by atomic mass is 16.6. The van der Waals surface area contributed by atoms with Crippen LogP contribution in [0.15, 0.2) is 95.8 Å². The van der Waals surface area contributed by atoms with Crippen molar-refractivity contribution in [1.82, 2.24) is 19.2 Å². The molecule has 170 valence electrons. The normalized spacial score (nSPS) is 11.3. The average molecular weight is 463 g/mol. The van der Waals surface area contributed by atoms with Crippen molar-refractivity contribution in [3.8, 4) is 11.8 Å². The van der Waals surface area contributed by atoms with Gasteiger partial charge < -0.3 is 4.74 Å². The Bertz CT molecular complexity index is 1790. The Labute approximate surface area is 197 Å². The Kier molecular flexibility index (Phi) is 4.74. The van der Waals surface area contributed by atoms with Gasteiger partial charge in [-0.15, -0.1) is 5.10 Å². The molecule has 6 aromatic rings. The predicted octanol–water partition coefficient (Wildman–Crippen LogP) is 4.95. The Hall–Kier alpha value is -5.05. The van der Waals surface area contributed by atoms with Crippen molar-refractivity contribution in [3.05, 3.63) is 117 Å². The second-order valence-electron chi connectivity index (χ2n) is 8.05. The van der Waals surface area contributed by atoms with E-state index in [4.69, 9.17) is 4.74 Å². The summed E-state index contributed by atoms with van der Waals surface area (Å²) in [5.74, 6) is 0.879. The second-order valence-corrected chi connectivity index (χ2v) is 8.05. The van der Waals surface area contributed by atoms with Crippen LogP contribution in [0.3, 0.4) is 0 Å². The molecule has 2 heterocycles. The minimum Gasteiger partial charge on any atom is -0.423 e. The monoisotopic (exact) mass is 463 g/mol. The molecule has 0 saturated carbocycles. The van der Waals surface area contributed by atoms with Gasteiger partial charge in [-0.1, -0.05) is 54.6 Å². The highest BCUT2D eigenvalue weighted by molar-refractivity contribution is 5.96. The number of hydrogen-bond donors (Lipinski definition) is 0. The van der Waals surface area contributed by atoms with Crippen molar-refractivity contribution in [2.24, 2.45) is 0 Å². The number of fused-ring (bicyclic) bond motifs is 4. The number of rotatable bonds is 5. The fraction of sp³-hybridized carbons (Fsp3) is 0.0385. The summed E-state index contributed by atoms with van der Waals surface area (Å²) < 4.78 is 8.96. The first-order chi connectivity index (χ1) is 17.1. The number of nitrogens with zero attached hydrogens (tertiary/aromatic N) is 5. The molecule has 0 radical (unpaired) electrons. The molecule has 0 spiro atoms. The zero-order chi connectivity index (χ0) is 23.9. The van der Waals surface area contributed by atoms with Crippen molar-refractivity contribution >= 4 is 33.1 Å². The highest BCUT2D eigenvalue weighted by Crippen LogP contribution is 2.24. The van der Waals surface area contributed by atoms with Gasteiger partial charge in [0.25, 0.3) is 11.2 Å². The number of hydrogen-bond acceptors (Lipinski definition) is 6. The number of nitro groups is 1. The van der Waals surface area contributed by atoms with Gasteiger partial charge in [-0.25, -0.2) is 0 Å². The number of ether oxygens (including phenoxy) is 1. The molecule has 0 amide bonds. The van der Waals surface area contributed by atoms with E-state index in [-0.39, 0.29) is 23.8 Å². The molecule has 0 aliphatic heterocycles. The van der Waals surface area contributed by atoms with Crippen LogP contribution in [0, 0.1) is 10.1 Å². The van der Waals surface area contributed by atoms with Crippen molar-refractivity contribution in [3.63, 3.8) is 0 Å². The maximum absolute atomic E-state index is 13.7. The topological polar surface area (TPSA) is 105 Å². The smallest absolute Gasteiger partial charge is 0.343 e. The van der Waals surface area contributed by atoms with Crippen LogP contribution in [0.25, 0.3) is 27.5 Å². The van der Waals surface area contributed by atoms with E-state index in [0.717, 1.165) is 10.8 Å². The molecule has 0 bridgehead atoms. The largest absolute Gasteiger partial charge is 0.423 e. The molecule has 0 atom stereocenters. The van der Waals surface area contributed by atoms with Gasteiger partial charge in [-0.3, -0.25) is 19.5 Å². The van der Waals surface area contributed by atoms with E-state index < -0.39 is 4.92 Å². The molecular formula is C26H17N5O4. The van der Waals surface area contributed by atoms with Crippen molar-refractivity contribution < 1.29 is 9.66 Å². The maximum Gasteiger partial charge on any atom is 0.343 e. The molecular weight excluding hydrogens is 446 g/mol. The van der Waals surface area contributed by atoms with Gasteiger partial charge in [0.15, 0.2) is 0 Å². The third-order valence-electron chi connectivity index (χ3n) is 5.82. The molecule has 0 fully saturated rings. The van der Waals surface area contributed by atoms with E-state index in [0.29, 0.717) is 28.0 Å². The molecule has 0 N–H and O–H groups in total. The van der Waals surface area contributed by atoms with E-state index in [1.54, 1.807) is 28.8 Å². The van der Waals surface area contributed by atoms with Crippen molar-refractivity contribution in [2.45, 2.75) is 6.54 Å². The molecule has 2 aromatic heterocycles. The second kappa shape index (κ2) is 8.07. The van der Waals surface area contributed by atoms with Crippen LogP contribution in [0.4, 0.5) is 5.69 Å². The van der Waals surface area contributed by atoms with E-state index in [2.05, 4.69) is 10.1 Å². The summed E-state index contributed by atoms with van der Waals surface area (Å²) in [6, 6.07) is 26.9. The highest BCUT2D eigenvalue weighted by Gasteiger charge is 2.18. The number of aromatic nitrogens is 4. The van der Waals surface area contributed by atoms with Crippen LogP contribution < -0.4 is 10.3 Å². The SMILES string of the molecule is O=c1c2cc3ccccc3cc2n2nc(Oc3ccccc3)nc2n1Cc1ccc([N+](=O)[O-])cc1. The maximum atomic E-state index is 13.7. The van der Waals surface area contributed by atoms with Gasteiger partial charge in [0.1, 0.15) is 5.75 Å². The van der Waals surface area contributed by atoms with Crippen LogP contribution in [0.1, 0.15) is 5.56 Å². The van der Waals surface area contributed by atoms with Gasteiger partial charge in [-0.2, -0.15) is 9.50 Å². The number of benzene rings is 4. The van der Waals surface area contributed by atoms with Gasteiger partial charge >= 0.3 is 6.01 Å². The third kappa shape index (κ3) is 3.65. The zero-order valence-electron chi connectivity index (χ0n) is 18.2. The van der Waals surface area contributed by atoms with E-state index in [1.165, 1.54) is 16.7 Å². The lowest BCUT2D eigenvalue weighted by atomic mass is 10.1. The molecule has 6 rings (SSSR count). The number of non-ortho nitro benzene ring substituents is 1. The van der Waals surface area contributed by atoms with Gasteiger partial charge in [-0.05, 0) is 40.6 Å². The van der Waals surface area contributed by atoms with Gasteiger partial charge in [0, 0.05) is 12.1 Å². The standard InChI is InChI=1S/C26H17N5O4/c32-24-22-14-18-6-4-5-7-19(18)15-23(22)30-26(27-25(28-30)35-21-8-2-1-3-9-21)29(24)16-17-10-12-20(13-11-17)31(33)34/h1-15H,16H2. The Morgan fingerprint density at radius 3 is 2.29 bits per heavy atom. The molecule has 0 aliphatic carbocycles. The molecule has 35 heavy (non-hydrogen) atoms. The lowest BCUT2D eigenvalue weighted by molar-refractivity contribution is -0.384. The fourth-order valence-corrected chi connectivity index (χ4v) is 4.12. The minimum absolute atomic E-state index is 0.0164. The third-order valence-corrected chi connectivity index (χ3v) is 5.82. The minimum atomic E-state index is -0.457. The summed E-state index contributed by atoms with van der Waals surface area (Å²) in [4.78, 5) is 28.8. The summed E-state index contributed by atoms with van der Waals surface area (Å²) in [7, 11) is 0. The van der Waals surface area contributed by atoms with Crippen LogP contribution in [-0.4, -0.2) is 24.1 Å². The van der Waals surface area contributed by atoms with Gasteiger partial charge in [0.2, 0.25) is 5.78 Å². The zero-order valence-corrected chi connectivity index (χ0v) is 18.2. The quantitative estimate of drug-likeness (QED) is 0.204. The number of para-hydroxylation sites is 1. The molecule has 4 aromatic carbocycles. The molecule has 9 heteroatoms. The Morgan fingerprint density at radius 2 is 1.57 bits per heavy atom. The summed E-state index contributed by atoms with van der Waals surface area (Å²) in [6.07, 6.45) is 0. The molecule has 0 unspecified atom stereocenters. The fourth-order valence-electron chi connectivity index (χ4n) is 4.12. The summed E-state index contributed by atoms with van der Waals surface area (Å²) in [5, 5.41) is 18.0. The van der Waals surface area contributed by atoms with Crippen molar-refractivity contribution in [1.29, 1.82) is 0 Å². The first kappa shape index (κ1) is 20.5. The first-order valence-corrected chi connectivity index (χ1v) is 10.9. The van der Waals surface area contributed by atoms with Crippen molar-refractivity contribution in [2.75, 3.05) is 0 Å². The summed E-state index contributed by atoms with van der Waals surface area (Å²) in [5.41, 5.74) is 1.07. The van der Waals surface area contributed by atoms with Crippen LogP contribution in [0.2, 0.25) is 0 Å². The first-order valence-electron chi connectivity index (χ1n) is 10.9. The summed E-state index contributed by atoms with van der Waals surface area (Å²) in [6.45, 7) is 0.159. The molecule has 0 saturated heterocycles. The number of nitro benzene ring substituents is 1. The average Bonchev–Trinajstić information content (AvgIpc) is 3.30. The Morgan fingerprint density at radius 1 is 0.886 bits per heavy atom. The lowest BCUT2D eigenvalue weighted by Crippen LogP contribution is -2.24. The van der Waals surface area contributed by atoms with Crippen LogP contribution in [0.5, 0.6) is 11.8 Å². The molecule has 9 nitrogen and oxygen atoms in total. The molecule has 0 aliphatic rings. The predicted molar refractivity (Wildman–Crippen MR) is 131 cm³/mol. The van der Waals surface area contributed by atoms with Crippen LogP contribution in [-0.2, 0) is 6.54 Å². The Balaban J connectivity index is 1.57.